The Morgan fingerprint density at radius 1 is 1.56 bits per heavy atom. The van der Waals surface area contributed by atoms with Crippen LogP contribution < -0.4 is 15.4 Å². The van der Waals surface area contributed by atoms with Gasteiger partial charge in [-0.05, 0) is 37.2 Å². The van der Waals surface area contributed by atoms with E-state index in [9.17, 15) is 0 Å². The lowest BCUT2D eigenvalue weighted by Gasteiger charge is -2.14. The molecule has 1 aromatic rings. The molecule has 0 amide bonds. The van der Waals surface area contributed by atoms with Gasteiger partial charge in [-0.15, -0.1) is 0 Å². The Morgan fingerprint density at radius 2 is 2.44 bits per heavy atom. The number of anilines is 1. The predicted molar refractivity (Wildman–Crippen MR) is 76.2 cm³/mol. The molecule has 98 valence electrons. The molecule has 5 heteroatoms. The molecular weight excluding hydrogens is 248 g/mol. The smallest absolute Gasteiger partial charge is 0.170 e. The summed E-state index contributed by atoms with van der Waals surface area (Å²) in [5.41, 5.74) is 0.916. The van der Waals surface area contributed by atoms with E-state index in [4.69, 9.17) is 21.7 Å². The second-order valence-electron chi connectivity index (χ2n) is 4.20. The third-order valence-electron chi connectivity index (χ3n) is 2.84. The van der Waals surface area contributed by atoms with Crippen LogP contribution in [0.3, 0.4) is 0 Å². The van der Waals surface area contributed by atoms with Gasteiger partial charge in [0, 0.05) is 24.9 Å². The highest BCUT2D eigenvalue weighted by Crippen LogP contribution is 2.16. The zero-order valence-corrected chi connectivity index (χ0v) is 11.3. The van der Waals surface area contributed by atoms with E-state index in [1.807, 2.05) is 24.3 Å². The number of benzene rings is 1. The van der Waals surface area contributed by atoms with E-state index in [-0.39, 0.29) is 6.10 Å². The molecule has 0 radical (unpaired) electrons. The Morgan fingerprint density at radius 3 is 3.17 bits per heavy atom. The summed E-state index contributed by atoms with van der Waals surface area (Å²) in [7, 11) is 1.65. The second-order valence-corrected chi connectivity index (χ2v) is 4.61. The van der Waals surface area contributed by atoms with Gasteiger partial charge in [0.1, 0.15) is 5.75 Å². The number of methoxy groups -OCH3 is 1. The van der Waals surface area contributed by atoms with Crippen molar-refractivity contribution in [2.75, 3.05) is 25.6 Å². The summed E-state index contributed by atoms with van der Waals surface area (Å²) in [5.74, 6) is 0.807. The Kier molecular flexibility index (Phi) is 4.78. The zero-order valence-electron chi connectivity index (χ0n) is 10.4. The Balaban J connectivity index is 1.78. The average molecular weight is 266 g/mol. The standard InChI is InChI=1S/C13H18N2O2S/c1-16-11-5-2-4-10(8-11)15-13(18)14-9-12-6-3-7-17-12/h2,4-5,8,12H,3,6-7,9H2,1H3,(H2,14,15,18)/t12-/m1/s1. The highest BCUT2D eigenvalue weighted by Gasteiger charge is 2.15. The second kappa shape index (κ2) is 6.56. The summed E-state index contributed by atoms with van der Waals surface area (Å²) < 4.78 is 10.7. The van der Waals surface area contributed by atoms with Crippen molar-refractivity contribution in [1.29, 1.82) is 0 Å². The van der Waals surface area contributed by atoms with Crippen LogP contribution in [0.2, 0.25) is 0 Å². The molecule has 0 unspecified atom stereocenters. The Labute approximate surface area is 113 Å². The first-order valence-electron chi connectivity index (χ1n) is 6.08. The maximum atomic E-state index is 5.52. The molecule has 0 spiro atoms. The third kappa shape index (κ3) is 3.85. The maximum Gasteiger partial charge on any atom is 0.170 e. The summed E-state index contributed by atoms with van der Waals surface area (Å²) in [6.07, 6.45) is 2.53. The van der Waals surface area contributed by atoms with Crippen molar-refractivity contribution in [3.05, 3.63) is 24.3 Å². The van der Waals surface area contributed by atoms with E-state index in [1.165, 1.54) is 0 Å². The zero-order chi connectivity index (χ0) is 12.8. The van der Waals surface area contributed by atoms with E-state index in [0.29, 0.717) is 5.11 Å². The topological polar surface area (TPSA) is 42.5 Å². The molecule has 2 rings (SSSR count). The molecule has 1 heterocycles. The van der Waals surface area contributed by atoms with Gasteiger partial charge in [-0.2, -0.15) is 0 Å². The monoisotopic (exact) mass is 266 g/mol. The van der Waals surface area contributed by atoms with Crippen molar-refractivity contribution in [2.45, 2.75) is 18.9 Å². The first-order valence-corrected chi connectivity index (χ1v) is 6.49. The molecule has 1 aromatic carbocycles. The molecule has 1 fully saturated rings. The van der Waals surface area contributed by atoms with Crippen LogP contribution in [0.4, 0.5) is 5.69 Å². The van der Waals surface area contributed by atoms with Crippen LogP contribution in [-0.4, -0.2) is 31.5 Å². The maximum absolute atomic E-state index is 5.52. The molecule has 4 nitrogen and oxygen atoms in total. The third-order valence-corrected chi connectivity index (χ3v) is 3.09. The van der Waals surface area contributed by atoms with Crippen LogP contribution in [0, 0.1) is 0 Å². The molecule has 0 saturated carbocycles. The summed E-state index contributed by atoms with van der Waals surface area (Å²) >= 11 is 5.23. The first kappa shape index (κ1) is 13.1. The largest absolute Gasteiger partial charge is 0.497 e. The van der Waals surface area contributed by atoms with Gasteiger partial charge in [0.2, 0.25) is 0 Å². The minimum absolute atomic E-state index is 0.287. The van der Waals surface area contributed by atoms with Crippen LogP contribution >= 0.6 is 12.2 Å². The van der Waals surface area contributed by atoms with E-state index >= 15 is 0 Å². The van der Waals surface area contributed by atoms with Crippen LogP contribution in [0.15, 0.2) is 24.3 Å². The normalized spacial score (nSPS) is 18.4. The number of nitrogens with one attached hydrogen (secondary N) is 2. The van der Waals surface area contributed by atoms with E-state index in [1.54, 1.807) is 7.11 Å². The van der Waals surface area contributed by atoms with Crippen LogP contribution in [0.1, 0.15) is 12.8 Å². The van der Waals surface area contributed by atoms with Gasteiger partial charge in [-0.1, -0.05) is 6.07 Å². The van der Waals surface area contributed by atoms with E-state index < -0.39 is 0 Å². The number of ether oxygens (including phenoxy) is 2. The van der Waals surface area contributed by atoms with Crippen molar-refractivity contribution in [2.24, 2.45) is 0 Å². The number of hydrogen-bond acceptors (Lipinski definition) is 3. The van der Waals surface area contributed by atoms with Crippen molar-refractivity contribution < 1.29 is 9.47 Å². The van der Waals surface area contributed by atoms with Crippen molar-refractivity contribution in [3.8, 4) is 5.75 Å². The SMILES string of the molecule is COc1cccc(NC(=S)NC[C@H]2CCCO2)c1. The van der Waals surface area contributed by atoms with Gasteiger partial charge in [-0.3, -0.25) is 0 Å². The molecule has 1 saturated heterocycles. The molecule has 0 bridgehead atoms. The molecule has 1 aliphatic heterocycles. The molecular formula is C13H18N2O2S. The summed E-state index contributed by atoms with van der Waals surface area (Å²) in [4.78, 5) is 0. The number of hydrogen-bond donors (Lipinski definition) is 2. The van der Waals surface area contributed by atoms with E-state index in [0.717, 1.165) is 37.4 Å². The lowest BCUT2D eigenvalue weighted by atomic mass is 10.2. The number of thiocarbonyl (C=S) groups is 1. The van der Waals surface area contributed by atoms with Crippen molar-refractivity contribution >= 4 is 23.0 Å². The predicted octanol–water partition coefficient (Wildman–Crippen LogP) is 2.16. The van der Waals surface area contributed by atoms with Gasteiger partial charge >= 0.3 is 0 Å². The summed E-state index contributed by atoms with van der Waals surface area (Å²) in [6.45, 7) is 1.62. The van der Waals surface area contributed by atoms with E-state index in [2.05, 4.69) is 10.6 Å². The first-order chi connectivity index (χ1) is 8.78. The van der Waals surface area contributed by atoms with Crippen LogP contribution in [0.5, 0.6) is 5.75 Å². The fourth-order valence-corrected chi connectivity index (χ4v) is 2.09. The lowest BCUT2D eigenvalue weighted by Crippen LogP contribution is -2.34. The molecule has 2 N–H and O–H groups in total. The van der Waals surface area contributed by atoms with Crippen molar-refractivity contribution in [3.63, 3.8) is 0 Å². The lowest BCUT2D eigenvalue weighted by molar-refractivity contribution is 0.114. The Bertz CT molecular complexity index is 406. The fraction of sp³-hybridized carbons (Fsp3) is 0.462. The quantitative estimate of drug-likeness (QED) is 0.818. The minimum Gasteiger partial charge on any atom is -0.497 e. The van der Waals surface area contributed by atoms with Gasteiger partial charge < -0.3 is 20.1 Å². The van der Waals surface area contributed by atoms with Crippen LogP contribution in [0.25, 0.3) is 0 Å². The van der Waals surface area contributed by atoms with Gasteiger partial charge in [0.25, 0.3) is 0 Å². The van der Waals surface area contributed by atoms with Crippen LogP contribution in [-0.2, 0) is 4.74 Å². The molecule has 1 atom stereocenters. The van der Waals surface area contributed by atoms with Gasteiger partial charge in [0.15, 0.2) is 5.11 Å². The molecule has 0 aromatic heterocycles. The summed E-state index contributed by atoms with van der Waals surface area (Å²) in [5, 5.41) is 6.90. The highest BCUT2D eigenvalue weighted by molar-refractivity contribution is 7.80. The average Bonchev–Trinajstić information content (AvgIpc) is 2.90. The molecule has 18 heavy (non-hydrogen) atoms. The fourth-order valence-electron chi connectivity index (χ4n) is 1.89. The molecule has 0 aliphatic carbocycles. The van der Waals surface area contributed by atoms with Gasteiger partial charge in [-0.25, -0.2) is 0 Å². The van der Waals surface area contributed by atoms with Gasteiger partial charge in [0.05, 0.1) is 13.2 Å². The minimum atomic E-state index is 0.287. The highest BCUT2D eigenvalue weighted by atomic mass is 32.1. The Hall–Kier alpha value is -1.33. The number of rotatable bonds is 4. The molecule has 1 aliphatic rings. The summed E-state index contributed by atoms with van der Waals surface area (Å²) in [6, 6.07) is 7.67. The van der Waals surface area contributed by atoms with Crippen molar-refractivity contribution in [1.82, 2.24) is 5.32 Å².